The van der Waals surface area contributed by atoms with Gasteiger partial charge >= 0.3 is 5.97 Å². The van der Waals surface area contributed by atoms with Crippen LogP contribution < -0.4 is 0 Å². The molecular weight excluding hydrogens is 292 g/mol. The largest absolute Gasteiger partial charge is 0.508 e. The molecule has 0 saturated heterocycles. The van der Waals surface area contributed by atoms with Crippen molar-refractivity contribution in [2.45, 2.75) is 12.8 Å². The number of carbonyl (C=O) groups is 1. The Hall–Kier alpha value is -2.40. The van der Waals surface area contributed by atoms with E-state index in [0.717, 1.165) is 0 Å². The van der Waals surface area contributed by atoms with Crippen molar-refractivity contribution in [1.29, 1.82) is 0 Å². The highest BCUT2D eigenvalue weighted by Gasteiger charge is 2.06. The fourth-order valence-electron chi connectivity index (χ4n) is 1.72. The molecule has 108 valence electrons. The van der Waals surface area contributed by atoms with Crippen LogP contribution in [0.5, 0.6) is 5.75 Å². The summed E-state index contributed by atoms with van der Waals surface area (Å²) in [5.74, 6) is -0.870. The monoisotopic (exact) mass is 304 g/mol. The first-order chi connectivity index (χ1) is 10.1. The Balaban J connectivity index is 2.19. The molecule has 0 radical (unpaired) electrons. The predicted molar refractivity (Wildman–Crippen MR) is 79.7 cm³/mol. The van der Waals surface area contributed by atoms with Crippen LogP contribution in [-0.4, -0.2) is 16.2 Å². The summed E-state index contributed by atoms with van der Waals surface area (Å²) >= 11 is 5.97. The van der Waals surface area contributed by atoms with E-state index in [0.29, 0.717) is 22.0 Å². The molecule has 0 atom stereocenters. The van der Waals surface area contributed by atoms with Gasteiger partial charge in [-0.05, 0) is 42.3 Å². The summed E-state index contributed by atoms with van der Waals surface area (Å²) in [7, 11) is 0. The van der Waals surface area contributed by atoms with Crippen molar-refractivity contribution in [3.63, 3.8) is 0 Å². The average Bonchev–Trinajstić information content (AvgIpc) is 2.46. The number of carboxylic acid groups (broad SMARTS) is 1. The number of hydrogen-bond acceptors (Lipinski definition) is 4. The van der Waals surface area contributed by atoms with Crippen LogP contribution in [0.1, 0.15) is 12.0 Å². The van der Waals surface area contributed by atoms with Gasteiger partial charge in [0.2, 0.25) is 0 Å². The third-order valence-electron chi connectivity index (χ3n) is 2.80. The first-order valence-electron chi connectivity index (χ1n) is 6.26. The van der Waals surface area contributed by atoms with Crippen LogP contribution in [0.15, 0.2) is 52.7 Å². The number of aromatic hydroxyl groups is 1. The summed E-state index contributed by atoms with van der Waals surface area (Å²) in [4.78, 5) is 10.6. The standard InChI is InChI=1S/C15H13ClN2O3/c16-12-3-1-2-4-13(12)18-17-11-6-7-14(19)10(9-11)5-8-15(20)21/h1-4,6-7,9,19H,5,8H2,(H,20,21)/b18-17+. The SMILES string of the molecule is O=C(O)CCc1cc(/N=N/c2ccccc2Cl)ccc1O. The van der Waals surface area contributed by atoms with Gasteiger partial charge in [0.15, 0.2) is 0 Å². The van der Waals surface area contributed by atoms with Gasteiger partial charge in [-0.25, -0.2) is 0 Å². The molecule has 2 aromatic rings. The number of aliphatic carboxylic acids is 1. The van der Waals surface area contributed by atoms with Gasteiger partial charge in [-0.3, -0.25) is 4.79 Å². The van der Waals surface area contributed by atoms with Crippen LogP contribution in [0.3, 0.4) is 0 Å². The lowest BCUT2D eigenvalue weighted by molar-refractivity contribution is -0.136. The van der Waals surface area contributed by atoms with Crippen LogP contribution in [0.4, 0.5) is 11.4 Å². The number of rotatable bonds is 5. The molecular formula is C15H13ClN2O3. The van der Waals surface area contributed by atoms with E-state index in [1.807, 2.05) is 0 Å². The van der Waals surface area contributed by atoms with Crippen molar-refractivity contribution >= 4 is 28.9 Å². The van der Waals surface area contributed by atoms with E-state index >= 15 is 0 Å². The molecule has 0 fully saturated rings. The predicted octanol–water partition coefficient (Wildman–Crippen LogP) is 4.48. The summed E-state index contributed by atoms with van der Waals surface area (Å²) in [6.45, 7) is 0. The Morgan fingerprint density at radius 3 is 2.62 bits per heavy atom. The number of nitrogens with zero attached hydrogens (tertiary/aromatic N) is 2. The van der Waals surface area contributed by atoms with Crippen LogP contribution in [0, 0.1) is 0 Å². The molecule has 0 bridgehead atoms. The summed E-state index contributed by atoms with van der Waals surface area (Å²) in [5, 5.41) is 26.9. The first kappa shape index (κ1) is 15.0. The van der Waals surface area contributed by atoms with Gasteiger partial charge < -0.3 is 10.2 Å². The molecule has 5 nitrogen and oxygen atoms in total. The minimum Gasteiger partial charge on any atom is -0.508 e. The Morgan fingerprint density at radius 1 is 1.14 bits per heavy atom. The van der Waals surface area contributed by atoms with Crippen molar-refractivity contribution in [3.8, 4) is 5.75 Å². The molecule has 0 unspecified atom stereocenters. The zero-order chi connectivity index (χ0) is 15.2. The second-order valence-corrected chi connectivity index (χ2v) is 4.77. The van der Waals surface area contributed by atoms with E-state index in [2.05, 4.69) is 10.2 Å². The molecule has 0 aromatic heterocycles. The van der Waals surface area contributed by atoms with Gasteiger partial charge in [0.1, 0.15) is 11.4 Å². The maximum absolute atomic E-state index is 10.6. The number of carboxylic acids is 1. The van der Waals surface area contributed by atoms with Crippen LogP contribution >= 0.6 is 11.6 Å². The van der Waals surface area contributed by atoms with Gasteiger partial charge in [0, 0.05) is 6.42 Å². The Labute approximate surface area is 126 Å². The van der Waals surface area contributed by atoms with Crippen molar-refractivity contribution in [2.24, 2.45) is 10.2 Å². The zero-order valence-electron chi connectivity index (χ0n) is 11.0. The Morgan fingerprint density at radius 2 is 1.90 bits per heavy atom. The number of benzene rings is 2. The number of azo groups is 1. The molecule has 0 amide bonds. The van der Waals surface area contributed by atoms with Gasteiger partial charge in [-0.2, -0.15) is 5.11 Å². The lowest BCUT2D eigenvalue weighted by Gasteiger charge is -2.03. The van der Waals surface area contributed by atoms with Crippen molar-refractivity contribution < 1.29 is 15.0 Å². The van der Waals surface area contributed by atoms with Gasteiger partial charge in [-0.15, -0.1) is 5.11 Å². The first-order valence-corrected chi connectivity index (χ1v) is 6.64. The summed E-state index contributed by atoms with van der Waals surface area (Å²) in [5.41, 5.74) is 1.58. The molecule has 0 spiro atoms. The third-order valence-corrected chi connectivity index (χ3v) is 3.12. The number of hydrogen-bond donors (Lipinski definition) is 2. The molecule has 6 heteroatoms. The highest BCUT2D eigenvalue weighted by molar-refractivity contribution is 6.32. The molecule has 0 aliphatic heterocycles. The second kappa shape index (κ2) is 6.85. The van der Waals surface area contributed by atoms with Crippen LogP contribution in [0.25, 0.3) is 0 Å². The Bertz CT molecular complexity index is 686. The minimum atomic E-state index is -0.919. The van der Waals surface area contributed by atoms with E-state index in [9.17, 15) is 9.90 Å². The topological polar surface area (TPSA) is 82.2 Å². The van der Waals surface area contributed by atoms with E-state index in [1.165, 1.54) is 6.07 Å². The number of halogens is 1. The average molecular weight is 305 g/mol. The second-order valence-electron chi connectivity index (χ2n) is 4.36. The molecule has 0 heterocycles. The van der Waals surface area contributed by atoms with E-state index < -0.39 is 5.97 Å². The maximum atomic E-state index is 10.6. The van der Waals surface area contributed by atoms with E-state index in [1.54, 1.807) is 36.4 Å². The molecule has 0 aliphatic carbocycles. The normalized spacial score (nSPS) is 10.9. The minimum absolute atomic E-state index is 0.0490. The zero-order valence-corrected chi connectivity index (χ0v) is 11.8. The van der Waals surface area contributed by atoms with Crippen LogP contribution in [-0.2, 0) is 11.2 Å². The highest BCUT2D eigenvalue weighted by atomic mass is 35.5. The molecule has 21 heavy (non-hydrogen) atoms. The van der Waals surface area contributed by atoms with E-state index in [-0.39, 0.29) is 18.6 Å². The van der Waals surface area contributed by atoms with E-state index in [4.69, 9.17) is 16.7 Å². The number of phenolic OH excluding ortho intramolecular Hbond substituents is 1. The number of phenols is 1. The lowest BCUT2D eigenvalue weighted by atomic mass is 10.1. The summed E-state index contributed by atoms with van der Waals surface area (Å²) in [6.07, 6.45) is 0.176. The lowest BCUT2D eigenvalue weighted by Crippen LogP contribution is -1.97. The van der Waals surface area contributed by atoms with Crippen molar-refractivity contribution in [3.05, 3.63) is 53.1 Å². The Kier molecular flexibility index (Phi) is 4.90. The quantitative estimate of drug-likeness (QED) is 0.799. The van der Waals surface area contributed by atoms with Gasteiger partial charge in [0.25, 0.3) is 0 Å². The van der Waals surface area contributed by atoms with Crippen molar-refractivity contribution in [2.75, 3.05) is 0 Å². The highest BCUT2D eigenvalue weighted by Crippen LogP contribution is 2.28. The maximum Gasteiger partial charge on any atom is 0.303 e. The molecule has 0 aliphatic rings. The molecule has 2 rings (SSSR count). The van der Waals surface area contributed by atoms with Crippen LogP contribution in [0.2, 0.25) is 5.02 Å². The smallest absolute Gasteiger partial charge is 0.303 e. The van der Waals surface area contributed by atoms with Crippen molar-refractivity contribution in [1.82, 2.24) is 0 Å². The third kappa shape index (κ3) is 4.29. The molecule has 2 aromatic carbocycles. The van der Waals surface area contributed by atoms with Gasteiger partial charge in [-0.1, -0.05) is 23.7 Å². The molecule has 2 N–H and O–H groups in total. The van der Waals surface area contributed by atoms with Gasteiger partial charge in [0.05, 0.1) is 10.7 Å². The number of aryl methyl sites for hydroxylation is 1. The fraction of sp³-hybridized carbons (Fsp3) is 0.133. The summed E-state index contributed by atoms with van der Waals surface area (Å²) in [6, 6.07) is 11.7. The molecule has 0 saturated carbocycles. The summed E-state index contributed by atoms with van der Waals surface area (Å²) < 4.78 is 0. The fourth-order valence-corrected chi connectivity index (χ4v) is 1.89.